The van der Waals surface area contributed by atoms with Gasteiger partial charge in [-0.15, -0.1) is 0 Å². The summed E-state index contributed by atoms with van der Waals surface area (Å²) in [6, 6.07) is 6.72. The van der Waals surface area contributed by atoms with Gasteiger partial charge in [-0.1, -0.05) is 0 Å². The molecule has 3 rings (SSSR count). The zero-order valence-corrected chi connectivity index (χ0v) is 18.6. The van der Waals surface area contributed by atoms with E-state index in [-0.39, 0.29) is 16.3 Å². The third-order valence-corrected chi connectivity index (χ3v) is 5.92. The molecule has 14 heteroatoms. The van der Waals surface area contributed by atoms with Crippen molar-refractivity contribution in [3.8, 4) is 11.5 Å². The van der Waals surface area contributed by atoms with Crippen molar-refractivity contribution in [2.75, 3.05) is 25.1 Å². The molecule has 1 heterocycles. The number of nitro benzene ring substituents is 1. The molecule has 0 aromatic heterocycles. The Morgan fingerprint density at radius 1 is 1.18 bits per heavy atom. The molecule has 1 atom stereocenters. The van der Waals surface area contributed by atoms with Gasteiger partial charge in [0.25, 0.3) is 5.91 Å². The van der Waals surface area contributed by atoms with Gasteiger partial charge in [-0.05, 0) is 31.2 Å². The zero-order chi connectivity index (χ0) is 24.9. The highest BCUT2D eigenvalue weighted by Gasteiger charge is 2.23. The van der Waals surface area contributed by atoms with Crippen molar-refractivity contribution in [1.82, 2.24) is 4.72 Å². The molecule has 2 N–H and O–H groups in total. The van der Waals surface area contributed by atoms with Gasteiger partial charge in [0.1, 0.15) is 6.54 Å². The largest absolute Gasteiger partial charge is 0.490 e. The molecule has 2 aromatic rings. The normalized spacial score (nSPS) is 13.9. The average molecular weight is 497 g/mol. The molecular formula is C20H20FN3O9S. The Bertz CT molecular complexity index is 1220. The van der Waals surface area contributed by atoms with Gasteiger partial charge in [0.2, 0.25) is 15.8 Å². The van der Waals surface area contributed by atoms with E-state index >= 15 is 0 Å². The number of amides is 1. The molecule has 34 heavy (non-hydrogen) atoms. The van der Waals surface area contributed by atoms with Gasteiger partial charge >= 0.3 is 11.7 Å². The van der Waals surface area contributed by atoms with E-state index in [1.54, 1.807) is 0 Å². The number of carbonyl (C=O) groups is 2. The third kappa shape index (κ3) is 6.17. The summed E-state index contributed by atoms with van der Waals surface area (Å²) in [6.45, 7) is 1.24. The van der Waals surface area contributed by atoms with Gasteiger partial charge in [0.05, 0.1) is 23.0 Å². The molecule has 1 aliphatic heterocycles. The van der Waals surface area contributed by atoms with Crippen LogP contribution in [0.2, 0.25) is 0 Å². The minimum atomic E-state index is -4.11. The molecule has 1 amide bonds. The molecule has 0 radical (unpaired) electrons. The number of rotatable bonds is 8. The van der Waals surface area contributed by atoms with Crippen LogP contribution in [0.25, 0.3) is 0 Å². The maximum Gasteiger partial charge on any atom is 0.321 e. The molecule has 12 nitrogen and oxygen atoms in total. The van der Waals surface area contributed by atoms with Crippen molar-refractivity contribution in [1.29, 1.82) is 0 Å². The van der Waals surface area contributed by atoms with E-state index in [2.05, 4.69) is 10.0 Å². The lowest BCUT2D eigenvalue weighted by molar-refractivity contribution is -0.387. The lowest BCUT2D eigenvalue weighted by Crippen LogP contribution is -2.35. The molecule has 0 aliphatic carbocycles. The smallest absolute Gasteiger partial charge is 0.321 e. The standard InChI is InChI=1S/C20H20FN3O9S/c1-12(20(26)23-13-3-5-15(21)16(9-13)24(27)28)33-19(25)11-22-34(29,30)14-4-6-17-18(10-14)32-8-2-7-31-17/h3-6,9-10,12,22H,2,7-8,11H2,1H3,(H,23,26). The molecule has 1 unspecified atom stereocenters. The number of fused-ring (bicyclic) bond motifs is 1. The predicted molar refractivity (Wildman–Crippen MR) is 114 cm³/mol. The maximum atomic E-state index is 13.4. The number of halogens is 1. The number of carbonyl (C=O) groups excluding carboxylic acids is 2. The first-order valence-electron chi connectivity index (χ1n) is 9.90. The SMILES string of the molecule is CC(OC(=O)CNS(=O)(=O)c1ccc2c(c1)OCCCO2)C(=O)Nc1ccc(F)c([N+](=O)[O-])c1. The van der Waals surface area contributed by atoms with E-state index in [1.807, 2.05) is 0 Å². The second kappa shape index (κ2) is 10.4. The third-order valence-electron chi connectivity index (χ3n) is 4.52. The van der Waals surface area contributed by atoms with Crippen LogP contribution in [0.4, 0.5) is 15.8 Å². The van der Waals surface area contributed by atoms with Crippen molar-refractivity contribution in [2.45, 2.75) is 24.3 Å². The molecule has 182 valence electrons. The number of ether oxygens (including phenoxy) is 3. The van der Waals surface area contributed by atoms with Gasteiger partial charge in [0.15, 0.2) is 17.6 Å². The molecule has 2 aromatic carbocycles. The lowest BCUT2D eigenvalue weighted by atomic mass is 10.2. The molecule has 0 saturated heterocycles. The van der Waals surface area contributed by atoms with Gasteiger partial charge in [-0.25, -0.2) is 8.42 Å². The Kier molecular flexibility index (Phi) is 7.63. The molecule has 0 saturated carbocycles. The predicted octanol–water partition coefficient (Wildman–Crippen LogP) is 1.74. The zero-order valence-electron chi connectivity index (χ0n) is 17.8. The molecular weight excluding hydrogens is 477 g/mol. The summed E-state index contributed by atoms with van der Waals surface area (Å²) in [5.74, 6) is -2.33. The van der Waals surface area contributed by atoms with Crippen LogP contribution in [0, 0.1) is 15.9 Å². The van der Waals surface area contributed by atoms with E-state index in [0.717, 1.165) is 18.2 Å². The molecule has 0 spiro atoms. The average Bonchev–Trinajstić information content (AvgIpc) is 3.03. The van der Waals surface area contributed by atoms with E-state index in [9.17, 15) is 32.5 Å². The number of nitro groups is 1. The van der Waals surface area contributed by atoms with E-state index in [4.69, 9.17) is 14.2 Å². The van der Waals surface area contributed by atoms with Gasteiger partial charge in [0, 0.05) is 24.2 Å². The summed E-state index contributed by atoms with van der Waals surface area (Å²) in [7, 11) is -4.11. The van der Waals surface area contributed by atoms with E-state index in [1.165, 1.54) is 25.1 Å². The second-order valence-corrected chi connectivity index (χ2v) is 8.80. The number of nitrogens with one attached hydrogen (secondary N) is 2. The van der Waals surface area contributed by atoms with Crippen LogP contribution in [-0.4, -0.2) is 51.1 Å². The molecule has 0 fully saturated rings. The minimum Gasteiger partial charge on any atom is -0.490 e. The summed E-state index contributed by atoms with van der Waals surface area (Å²) in [5, 5.41) is 13.0. The number of hydrogen-bond acceptors (Lipinski definition) is 9. The Morgan fingerprint density at radius 3 is 2.59 bits per heavy atom. The Labute approximate surface area is 193 Å². The summed E-state index contributed by atoms with van der Waals surface area (Å²) >= 11 is 0. The monoisotopic (exact) mass is 497 g/mol. The van der Waals surface area contributed by atoms with Crippen LogP contribution in [0.15, 0.2) is 41.3 Å². The Balaban J connectivity index is 1.56. The fourth-order valence-corrected chi connectivity index (χ4v) is 3.80. The van der Waals surface area contributed by atoms with Crippen molar-refractivity contribution in [3.63, 3.8) is 0 Å². The number of anilines is 1. The van der Waals surface area contributed by atoms with Gasteiger partial charge in [-0.3, -0.25) is 19.7 Å². The first-order chi connectivity index (χ1) is 16.1. The molecule has 1 aliphatic rings. The van der Waals surface area contributed by atoms with Crippen molar-refractivity contribution < 1.29 is 41.5 Å². The van der Waals surface area contributed by atoms with Crippen LogP contribution < -0.4 is 19.5 Å². The highest BCUT2D eigenvalue weighted by atomic mass is 32.2. The summed E-state index contributed by atoms with van der Waals surface area (Å²) < 4.78 is 56.3. The fourth-order valence-electron chi connectivity index (χ4n) is 2.81. The summed E-state index contributed by atoms with van der Waals surface area (Å²) in [5.41, 5.74) is -0.928. The Hall–Kier alpha value is -3.78. The number of sulfonamides is 1. The summed E-state index contributed by atoms with van der Waals surface area (Å²) in [4.78, 5) is 33.9. The van der Waals surface area contributed by atoms with E-state index < -0.39 is 51.0 Å². The highest BCUT2D eigenvalue weighted by molar-refractivity contribution is 7.89. The van der Waals surface area contributed by atoms with Crippen LogP contribution in [-0.2, 0) is 24.3 Å². The quantitative estimate of drug-likeness (QED) is 0.314. The van der Waals surface area contributed by atoms with Crippen LogP contribution >= 0.6 is 0 Å². The second-order valence-electron chi connectivity index (χ2n) is 7.03. The van der Waals surface area contributed by atoms with Crippen molar-refractivity contribution in [2.24, 2.45) is 0 Å². The number of benzene rings is 2. The first-order valence-corrected chi connectivity index (χ1v) is 11.4. The van der Waals surface area contributed by atoms with Crippen molar-refractivity contribution >= 4 is 33.3 Å². The maximum absolute atomic E-state index is 13.4. The number of esters is 1. The van der Waals surface area contributed by atoms with Crippen LogP contribution in [0.1, 0.15) is 13.3 Å². The van der Waals surface area contributed by atoms with Gasteiger partial charge in [-0.2, -0.15) is 9.11 Å². The molecule has 0 bridgehead atoms. The minimum absolute atomic E-state index is 0.0869. The van der Waals surface area contributed by atoms with Gasteiger partial charge < -0.3 is 19.5 Å². The topological polar surface area (TPSA) is 163 Å². The number of nitrogens with zero attached hydrogens (tertiary/aromatic N) is 1. The Morgan fingerprint density at radius 2 is 1.88 bits per heavy atom. The van der Waals surface area contributed by atoms with Crippen molar-refractivity contribution in [3.05, 3.63) is 52.3 Å². The van der Waals surface area contributed by atoms with Crippen LogP contribution in [0.5, 0.6) is 11.5 Å². The van der Waals surface area contributed by atoms with E-state index in [0.29, 0.717) is 25.4 Å². The van der Waals surface area contributed by atoms with Crippen LogP contribution in [0.3, 0.4) is 0 Å². The lowest BCUT2D eigenvalue weighted by Gasteiger charge is -2.14. The fraction of sp³-hybridized carbons (Fsp3) is 0.300. The number of hydrogen-bond donors (Lipinski definition) is 2. The highest BCUT2D eigenvalue weighted by Crippen LogP contribution is 2.31. The first kappa shape index (κ1) is 24.9. The summed E-state index contributed by atoms with van der Waals surface area (Å²) in [6.07, 6.45) is -0.732.